The largest absolute Gasteiger partial charge is 0.394 e. The van der Waals surface area contributed by atoms with E-state index in [0.717, 1.165) is 5.56 Å². The number of amides is 3. The van der Waals surface area contributed by atoms with Crippen LogP contribution in [-0.2, 0) is 11.3 Å². The SMILES string of the molecule is NC(=O)NCc1ccc(C(=O)N2CCOC(CO)C2)cc1. The molecule has 1 aliphatic rings. The number of carbonyl (C=O) groups excluding carboxylic acids is 2. The molecule has 0 bridgehead atoms. The second-order valence-electron chi connectivity index (χ2n) is 4.84. The quantitative estimate of drug-likeness (QED) is 0.708. The molecule has 3 amide bonds. The van der Waals surface area contributed by atoms with Gasteiger partial charge in [0.15, 0.2) is 0 Å². The maximum absolute atomic E-state index is 12.3. The number of benzene rings is 1. The van der Waals surface area contributed by atoms with Crippen molar-refractivity contribution in [1.82, 2.24) is 10.2 Å². The highest BCUT2D eigenvalue weighted by molar-refractivity contribution is 5.94. The number of nitrogens with one attached hydrogen (secondary N) is 1. The molecule has 1 atom stereocenters. The van der Waals surface area contributed by atoms with E-state index in [1.165, 1.54) is 0 Å². The van der Waals surface area contributed by atoms with Crippen molar-refractivity contribution >= 4 is 11.9 Å². The Morgan fingerprint density at radius 2 is 2.10 bits per heavy atom. The molecular weight excluding hydrogens is 274 g/mol. The minimum absolute atomic E-state index is 0.0915. The van der Waals surface area contributed by atoms with E-state index >= 15 is 0 Å². The van der Waals surface area contributed by atoms with Crippen molar-refractivity contribution in [3.63, 3.8) is 0 Å². The Kier molecular flexibility index (Phi) is 5.13. The first-order valence-electron chi connectivity index (χ1n) is 6.74. The number of carbonyl (C=O) groups is 2. The third-order valence-electron chi connectivity index (χ3n) is 3.30. The second-order valence-corrected chi connectivity index (χ2v) is 4.84. The molecule has 0 aliphatic carbocycles. The second kappa shape index (κ2) is 7.05. The number of aliphatic hydroxyl groups excluding tert-OH is 1. The highest BCUT2D eigenvalue weighted by Crippen LogP contribution is 2.12. The summed E-state index contributed by atoms with van der Waals surface area (Å²) in [5.41, 5.74) is 6.43. The van der Waals surface area contributed by atoms with Crippen LogP contribution in [0.2, 0.25) is 0 Å². The Hall–Kier alpha value is -2.12. The zero-order valence-electron chi connectivity index (χ0n) is 11.6. The van der Waals surface area contributed by atoms with Gasteiger partial charge in [-0.05, 0) is 17.7 Å². The van der Waals surface area contributed by atoms with Crippen LogP contribution < -0.4 is 11.1 Å². The number of ether oxygens (including phenoxy) is 1. The molecule has 1 aliphatic heterocycles. The molecule has 7 nitrogen and oxygen atoms in total. The van der Waals surface area contributed by atoms with Crippen molar-refractivity contribution < 1.29 is 19.4 Å². The maximum atomic E-state index is 12.3. The van der Waals surface area contributed by atoms with Crippen molar-refractivity contribution in [2.45, 2.75) is 12.6 Å². The number of morpholine rings is 1. The monoisotopic (exact) mass is 293 g/mol. The van der Waals surface area contributed by atoms with Gasteiger partial charge < -0.3 is 25.8 Å². The van der Waals surface area contributed by atoms with Gasteiger partial charge >= 0.3 is 6.03 Å². The Labute approximate surface area is 122 Å². The molecule has 114 valence electrons. The number of nitrogens with zero attached hydrogens (tertiary/aromatic N) is 1. The summed E-state index contributed by atoms with van der Waals surface area (Å²) in [5.74, 6) is -0.0915. The maximum Gasteiger partial charge on any atom is 0.312 e. The summed E-state index contributed by atoms with van der Waals surface area (Å²) in [6.07, 6.45) is -0.318. The summed E-state index contributed by atoms with van der Waals surface area (Å²) in [6, 6.07) is 6.38. The van der Waals surface area contributed by atoms with Crippen molar-refractivity contribution in [1.29, 1.82) is 0 Å². The third-order valence-corrected chi connectivity index (χ3v) is 3.30. The van der Waals surface area contributed by atoms with Crippen molar-refractivity contribution in [2.24, 2.45) is 5.73 Å². The molecule has 1 aromatic carbocycles. The van der Waals surface area contributed by atoms with E-state index in [0.29, 0.717) is 31.8 Å². The molecule has 1 heterocycles. The van der Waals surface area contributed by atoms with E-state index in [-0.39, 0.29) is 18.6 Å². The predicted molar refractivity (Wildman–Crippen MR) is 75.6 cm³/mol. The van der Waals surface area contributed by atoms with Crippen molar-refractivity contribution in [2.75, 3.05) is 26.3 Å². The average molecular weight is 293 g/mol. The molecule has 4 N–H and O–H groups in total. The van der Waals surface area contributed by atoms with E-state index in [1.54, 1.807) is 29.2 Å². The molecule has 1 fully saturated rings. The lowest BCUT2D eigenvalue weighted by Crippen LogP contribution is -2.46. The smallest absolute Gasteiger partial charge is 0.312 e. The number of hydrogen-bond donors (Lipinski definition) is 3. The fourth-order valence-corrected chi connectivity index (χ4v) is 2.15. The van der Waals surface area contributed by atoms with Gasteiger partial charge in [0.1, 0.15) is 0 Å². The van der Waals surface area contributed by atoms with Crippen LogP contribution >= 0.6 is 0 Å². The number of urea groups is 1. The topological polar surface area (TPSA) is 105 Å². The summed E-state index contributed by atoms with van der Waals surface area (Å²) in [4.78, 5) is 24.6. The summed E-state index contributed by atoms with van der Waals surface area (Å²) in [6.45, 7) is 1.56. The minimum atomic E-state index is -0.585. The van der Waals surface area contributed by atoms with Crippen LogP contribution in [0.4, 0.5) is 4.79 Å². The van der Waals surface area contributed by atoms with Gasteiger partial charge in [-0.15, -0.1) is 0 Å². The molecule has 1 aromatic rings. The zero-order valence-corrected chi connectivity index (χ0v) is 11.6. The first-order chi connectivity index (χ1) is 10.1. The van der Waals surface area contributed by atoms with E-state index < -0.39 is 6.03 Å². The summed E-state index contributed by atoms with van der Waals surface area (Å²) in [5, 5.41) is 11.6. The molecule has 0 aromatic heterocycles. The highest BCUT2D eigenvalue weighted by Gasteiger charge is 2.24. The zero-order chi connectivity index (χ0) is 15.2. The van der Waals surface area contributed by atoms with Gasteiger partial charge in [-0.1, -0.05) is 12.1 Å². The van der Waals surface area contributed by atoms with Crippen LogP contribution in [0.1, 0.15) is 15.9 Å². The van der Waals surface area contributed by atoms with Gasteiger partial charge in [0.05, 0.1) is 19.3 Å². The lowest BCUT2D eigenvalue weighted by Gasteiger charge is -2.32. The summed E-state index contributed by atoms with van der Waals surface area (Å²) < 4.78 is 5.32. The van der Waals surface area contributed by atoms with Crippen LogP contribution in [0.5, 0.6) is 0 Å². The van der Waals surface area contributed by atoms with Crippen molar-refractivity contribution in [3.8, 4) is 0 Å². The first-order valence-corrected chi connectivity index (χ1v) is 6.74. The van der Waals surface area contributed by atoms with Gasteiger partial charge in [0.25, 0.3) is 5.91 Å². The fourth-order valence-electron chi connectivity index (χ4n) is 2.15. The summed E-state index contributed by atoms with van der Waals surface area (Å²) >= 11 is 0. The Morgan fingerprint density at radius 3 is 2.71 bits per heavy atom. The Balaban J connectivity index is 1.97. The molecule has 0 spiro atoms. The van der Waals surface area contributed by atoms with Crippen molar-refractivity contribution in [3.05, 3.63) is 35.4 Å². The van der Waals surface area contributed by atoms with Crippen LogP contribution in [0.15, 0.2) is 24.3 Å². The predicted octanol–water partition coefficient (Wildman–Crippen LogP) is -0.312. The molecule has 0 saturated carbocycles. The fraction of sp³-hybridized carbons (Fsp3) is 0.429. The normalized spacial score (nSPS) is 18.3. The van der Waals surface area contributed by atoms with E-state index in [4.69, 9.17) is 15.6 Å². The lowest BCUT2D eigenvalue weighted by molar-refractivity contribution is -0.0447. The molecule has 1 saturated heterocycles. The van der Waals surface area contributed by atoms with E-state index in [9.17, 15) is 9.59 Å². The number of primary amides is 1. The van der Waals surface area contributed by atoms with Crippen LogP contribution in [-0.4, -0.2) is 54.4 Å². The number of aliphatic hydroxyl groups is 1. The Morgan fingerprint density at radius 1 is 1.38 bits per heavy atom. The van der Waals surface area contributed by atoms with Crippen LogP contribution in [0, 0.1) is 0 Å². The first kappa shape index (κ1) is 15.3. The standard InChI is InChI=1S/C14H19N3O4/c15-14(20)16-7-10-1-3-11(4-2-10)13(19)17-5-6-21-12(8-17)9-18/h1-4,12,18H,5-9H2,(H3,15,16,20). The highest BCUT2D eigenvalue weighted by atomic mass is 16.5. The molecule has 0 radical (unpaired) electrons. The third kappa shape index (κ3) is 4.17. The van der Waals surface area contributed by atoms with Gasteiger partial charge in [-0.25, -0.2) is 4.79 Å². The molecule has 21 heavy (non-hydrogen) atoms. The number of hydrogen-bond acceptors (Lipinski definition) is 4. The average Bonchev–Trinajstić information content (AvgIpc) is 2.52. The summed E-state index contributed by atoms with van der Waals surface area (Å²) in [7, 11) is 0. The van der Waals surface area contributed by atoms with Crippen LogP contribution in [0.3, 0.4) is 0 Å². The van der Waals surface area contributed by atoms with Gasteiger partial charge in [-0.2, -0.15) is 0 Å². The molecule has 7 heteroatoms. The molecule has 2 rings (SSSR count). The number of rotatable bonds is 4. The molecule has 1 unspecified atom stereocenters. The van der Waals surface area contributed by atoms with Gasteiger partial charge in [0.2, 0.25) is 0 Å². The lowest BCUT2D eigenvalue weighted by atomic mass is 10.1. The molecular formula is C14H19N3O4. The van der Waals surface area contributed by atoms with Gasteiger partial charge in [-0.3, -0.25) is 4.79 Å². The Bertz CT molecular complexity index is 503. The number of nitrogens with two attached hydrogens (primary N) is 1. The van der Waals surface area contributed by atoms with E-state index in [2.05, 4.69) is 5.32 Å². The van der Waals surface area contributed by atoms with Gasteiger partial charge in [0, 0.05) is 25.2 Å². The van der Waals surface area contributed by atoms with Crippen LogP contribution in [0.25, 0.3) is 0 Å². The minimum Gasteiger partial charge on any atom is -0.394 e. The van der Waals surface area contributed by atoms with E-state index in [1.807, 2.05) is 0 Å².